The summed E-state index contributed by atoms with van der Waals surface area (Å²) >= 11 is 0. The third-order valence-corrected chi connectivity index (χ3v) is 4.78. The lowest BCUT2D eigenvalue weighted by molar-refractivity contribution is -0.117. The Morgan fingerprint density at radius 2 is 1.93 bits per heavy atom. The van der Waals surface area contributed by atoms with Gasteiger partial charge in [0, 0.05) is 44.6 Å². The van der Waals surface area contributed by atoms with Crippen molar-refractivity contribution in [3.63, 3.8) is 0 Å². The monoisotopic (exact) mass is 363 g/mol. The summed E-state index contributed by atoms with van der Waals surface area (Å²) < 4.78 is 3.54. The zero-order chi connectivity index (χ0) is 18.8. The minimum absolute atomic E-state index is 0.171. The predicted molar refractivity (Wildman–Crippen MR) is 102 cm³/mol. The number of anilines is 1. The van der Waals surface area contributed by atoms with Crippen molar-refractivity contribution in [3.05, 3.63) is 66.1 Å². The second-order valence-corrected chi connectivity index (χ2v) is 6.59. The maximum absolute atomic E-state index is 12.6. The maximum Gasteiger partial charge on any atom is 0.256 e. The molecule has 1 saturated heterocycles. The Bertz CT molecular complexity index is 957. The fourth-order valence-electron chi connectivity index (χ4n) is 3.37. The zero-order valence-electron chi connectivity index (χ0n) is 15.1. The third kappa shape index (κ3) is 3.36. The molecule has 0 bridgehead atoms. The number of amides is 2. The molecule has 138 valence electrons. The standard InChI is InChI=1S/C20H21N5O2/c1-23-20(24-10-2-3-11-24)17(14-22-23)19(27)21-13-15-6-8-16(9-7-15)25-12-4-5-18(25)26/h2-3,6-11,14H,4-5,12-13H2,1H3,(H,21,27). The summed E-state index contributed by atoms with van der Waals surface area (Å²) in [6.45, 7) is 1.19. The van der Waals surface area contributed by atoms with Crippen LogP contribution in [0.15, 0.2) is 55.0 Å². The molecule has 7 heteroatoms. The molecule has 2 amide bonds. The lowest BCUT2D eigenvalue weighted by Crippen LogP contribution is -2.25. The van der Waals surface area contributed by atoms with Crippen LogP contribution in [0.4, 0.5) is 5.69 Å². The van der Waals surface area contributed by atoms with Crippen LogP contribution in [-0.4, -0.2) is 32.7 Å². The van der Waals surface area contributed by atoms with Crippen molar-refractivity contribution in [2.24, 2.45) is 7.05 Å². The summed E-state index contributed by atoms with van der Waals surface area (Å²) in [6.07, 6.45) is 6.86. The Kier molecular flexibility index (Phi) is 4.50. The van der Waals surface area contributed by atoms with E-state index in [4.69, 9.17) is 0 Å². The molecule has 4 rings (SSSR count). The molecular formula is C20H21N5O2. The van der Waals surface area contributed by atoms with Gasteiger partial charge in [-0.15, -0.1) is 0 Å². The number of rotatable bonds is 5. The molecule has 1 fully saturated rings. The summed E-state index contributed by atoms with van der Waals surface area (Å²) in [5.74, 6) is 0.719. The molecule has 1 N–H and O–H groups in total. The van der Waals surface area contributed by atoms with Crippen LogP contribution in [0, 0.1) is 0 Å². The second kappa shape index (κ2) is 7.11. The average molecular weight is 363 g/mol. The van der Waals surface area contributed by atoms with Gasteiger partial charge in [-0.2, -0.15) is 5.10 Å². The van der Waals surface area contributed by atoms with Crippen molar-refractivity contribution in [2.45, 2.75) is 19.4 Å². The van der Waals surface area contributed by atoms with Crippen molar-refractivity contribution < 1.29 is 9.59 Å². The summed E-state index contributed by atoms with van der Waals surface area (Å²) in [7, 11) is 1.81. The Hall–Kier alpha value is -3.35. The van der Waals surface area contributed by atoms with E-state index in [9.17, 15) is 9.59 Å². The quantitative estimate of drug-likeness (QED) is 0.756. The number of hydrogen-bond donors (Lipinski definition) is 1. The first kappa shape index (κ1) is 17.1. The molecule has 0 atom stereocenters. The van der Waals surface area contributed by atoms with Gasteiger partial charge in [0.05, 0.1) is 6.20 Å². The van der Waals surface area contributed by atoms with Gasteiger partial charge in [0.25, 0.3) is 5.91 Å². The molecule has 27 heavy (non-hydrogen) atoms. The molecule has 7 nitrogen and oxygen atoms in total. The summed E-state index contributed by atoms with van der Waals surface area (Å²) in [5.41, 5.74) is 2.41. The van der Waals surface area contributed by atoms with E-state index in [2.05, 4.69) is 10.4 Å². The van der Waals surface area contributed by atoms with Gasteiger partial charge in [-0.1, -0.05) is 12.1 Å². The molecule has 0 spiro atoms. The van der Waals surface area contributed by atoms with E-state index in [0.717, 1.165) is 30.0 Å². The molecule has 1 aromatic carbocycles. The largest absolute Gasteiger partial charge is 0.348 e. The summed E-state index contributed by atoms with van der Waals surface area (Å²) in [6, 6.07) is 11.6. The van der Waals surface area contributed by atoms with Gasteiger partial charge < -0.3 is 14.8 Å². The van der Waals surface area contributed by atoms with E-state index < -0.39 is 0 Å². The summed E-state index contributed by atoms with van der Waals surface area (Å²) in [5, 5.41) is 7.15. The minimum atomic E-state index is -0.175. The fraction of sp³-hybridized carbons (Fsp3) is 0.250. The topological polar surface area (TPSA) is 72.2 Å². The van der Waals surface area contributed by atoms with E-state index in [-0.39, 0.29) is 11.8 Å². The number of carbonyl (C=O) groups is 2. The number of hydrogen-bond acceptors (Lipinski definition) is 3. The normalized spacial score (nSPS) is 14.0. The van der Waals surface area contributed by atoms with Gasteiger partial charge in [-0.3, -0.25) is 14.3 Å². The van der Waals surface area contributed by atoms with Gasteiger partial charge in [0.2, 0.25) is 5.91 Å². The molecule has 0 unspecified atom stereocenters. The molecular weight excluding hydrogens is 342 g/mol. The lowest BCUT2D eigenvalue weighted by Gasteiger charge is -2.16. The Balaban J connectivity index is 1.44. The third-order valence-electron chi connectivity index (χ3n) is 4.78. The van der Waals surface area contributed by atoms with E-state index in [1.807, 2.05) is 60.4 Å². The van der Waals surface area contributed by atoms with Gasteiger partial charge in [-0.05, 0) is 36.2 Å². The number of carbonyl (C=O) groups excluding carboxylic acids is 2. The highest BCUT2D eigenvalue weighted by atomic mass is 16.2. The molecule has 0 aliphatic carbocycles. The number of nitrogens with zero attached hydrogens (tertiary/aromatic N) is 4. The molecule has 0 saturated carbocycles. The van der Waals surface area contributed by atoms with Crippen LogP contribution in [0.25, 0.3) is 5.82 Å². The van der Waals surface area contributed by atoms with Crippen molar-refractivity contribution in [1.29, 1.82) is 0 Å². The molecule has 3 heterocycles. The van der Waals surface area contributed by atoms with Gasteiger partial charge in [0.1, 0.15) is 11.4 Å². The molecule has 3 aromatic rings. The highest BCUT2D eigenvalue weighted by Gasteiger charge is 2.21. The van der Waals surface area contributed by atoms with Gasteiger partial charge in [-0.25, -0.2) is 0 Å². The highest BCUT2D eigenvalue weighted by Crippen LogP contribution is 2.21. The lowest BCUT2D eigenvalue weighted by atomic mass is 10.2. The second-order valence-electron chi connectivity index (χ2n) is 6.59. The number of nitrogens with one attached hydrogen (secondary N) is 1. The van der Waals surface area contributed by atoms with Crippen molar-refractivity contribution in [3.8, 4) is 5.82 Å². The smallest absolute Gasteiger partial charge is 0.256 e. The molecule has 0 radical (unpaired) electrons. The van der Waals surface area contributed by atoms with Crippen molar-refractivity contribution in [1.82, 2.24) is 19.7 Å². The fourth-order valence-corrected chi connectivity index (χ4v) is 3.37. The first-order chi connectivity index (χ1) is 13.1. The first-order valence-corrected chi connectivity index (χ1v) is 8.96. The highest BCUT2D eigenvalue weighted by molar-refractivity contribution is 5.97. The Morgan fingerprint density at radius 3 is 2.59 bits per heavy atom. The SMILES string of the molecule is Cn1ncc(C(=O)NCc2ccc(N3CCCC3=O)cc2)c1-n1cccc1. The first-order valence-electron chi connectivity index (χ1n) is 8.96. The predicted octanol–water partition coefficient (Wildman–Crippen LogP) is 2.27. The van der Waals surface area contributed by atoms with Crippen molar-refractivity contribution in [2.75, 3.05) is 11.4 Å². The number of benzene rings is 1. The van der Waals surface area contributed by atoms with Crippen LogP contribution in [-0.2, 0) is 18.4 Å². The van der Waals surface area contributed by atoms with Crippen LogP contribution in [0.2, 0.25) is 0 Å². The van der Waals surface area contributed by atoms with Crippen LogP contribution in [0.3, 0.4) is 0 Å². The zero-order valence-corrected chi connectivity index (χ0v) is 15.1. The maximum atomic E-state index is 12.6. The Labute approximate surface area is 157 Å². The van der Waals surface area contributed by atoms with Gasteiger partial charge >= 0.3 is 0 Å². The van der Waals surface area contributed by atoms with Crippen LogP contribution >= 0.6 is 0 Å². The van der Waals surface area contributed by atoms with Crippen molar-refractivity contribution >= 4 is 17.5 Å². The van der Waals surface area contributed by atoms with E-state index in [0.29, 0.717) is 18.5 Å². The average Bonchev–Trinajstić information content (AvgIpc) is 3.41. The van der Waals surface area contributed by atoms with Crippen LogP contribution in [0.5, 0.6) is 0 Å². The van der Waals surface area contributed by atoms with Gasteiger partial charge in [0.15, 0.2) is 0 Å². The summed E-state index contributed by atoms with van der Waals surface area (Å²) in [4.78, 5) is 26.3. The minimum Gasteiger partial charge on any atom is -0.348 e. The van der Waals surface area contributed by atoms with Crippen LogP contribution in [0.1, 0.15) is 28.8 Å². The number of aromatic nitrogens is 3. The molecule has 1 aliphatic rings. The Morgan fingerprint density at radius 1 is 1.19 bits per heavy atom. The molecule has 2 aromatic heterocycles. The number of aryl methyl sites for hydroxylation is 1. The molecule has 1 aliphatic heterocycles. The van der Waals surface area contributed by atoms with Crippen LogP contribution < -0.4 is 10.2 Å². The van der Waals surface area contributed by atoms with E-state index in [1.54, 1.807) is 15.8 Å². The van der Waals surface area contributed by atoms with E-state index in [1.165, 1.54) is 0 Å². The van der Waals surface area contributed by atoms with E-state index >= 15 is 0 Å².